The van der Waals surface area contributed by atoms with Crippen molar-refractivity contribution in [2.24, 2.45) is 0 Å². The fraction of sp³-hybridized carbons (Fsp3) is 0.188. The molecule has 1 atom stereocenters. The van der Waals surface area contributed by atoms with Gasteiger partial charge in [-0.15, -0.1) is 0 Å². The van der Waals surface area contributed by atoms with Crippen LogP contribution in [0.25, 0.3) is 0 Å². The first kappa shape index (κ1) is 15.8. The number of amides is 1. The molecule has 0 bridgehead atoms. The molecular weight excluding hydrogens is 307 g/mol. The van der Waals surface area contributed by atoms with Gasteiger partial charge in [-0.2, -0.15) is 0 Å². The summed E-state index contributed by atoms with van der Waals surface area (Å²) in [4.78, 5) is 11.9. The second-order valence-corrected chi connectivity index (χ2v) is 5.59. The maximum atomic E-state index is 11.9. The topological polar surface area (TPSA) is 41.1 Å². The second kappa shape index (κ2) is 7.46. The molecule has 0 unspecified atom stereocenters. The van der Waals surface area contributed by atoms with Gasteiger partial charge < -0.3 is 10.6 Å². The molecule has 0 saturated carbocycles. The number of anilines is 1. The number of benzene rings is 2. The van der Waals surface area contributed by atoms with Gasteiger partial charge in [0, 0.05) is 21.8 Å². The lowest BCUT2D eigenvalue weighted by Crippen LogP contribution is -2.30. The highest BCUT2D eigenvalue weighted by atomic mass is 35.5. The van der Waals surface area contributed by atoms with Crippen LogP contribution in [0, 0.1) is 0 Å². The summed E-state index contributed by atoms with van der Waals surface area (Å²) in [5, 5.41) is 7.29. The van der Waals surface area contributed by atoms with Crippen LogP contribution < -0.4 is 10.6 Å². The van der Waals surface area contributed by atoms with Crippen LogP contribution in [0.1, 0.15) is 18.5 Å². The van der Waals surface area contributed by atoms with Gasteiger partial charge in [-0.3, -0.25) is 4.79 Å². The van der Waals surface area contributed by atoms with E-state index in [1.807, 2.05) is 31.2 Å². The molecule has 2 rings (SSSR count). The Morgan fingerprint density at radius 1 is 1.10 bits per heavy atom. The molecule has 2 N–H and O–H groups in total. The lowest BCUT2D eigenvalue weighted by Gasteiger charge is -2.14. The molecule has 0 aliphatic rings. The Hall–Kier alpha value is -1.55. The molecule has 0 radical (unpaired) electrons. The van der Waals surface area contributed by atoms with Gasteiger partial charge >= 0.3 is 0 Å². The van der Waals surface area contributed by atoms with Crippen molar-refractivity contribution in [3.63, 3.8) is 0 Å². The van der Waals surface area contributed by atoms with Crippen LogP contribution in [0.2, 0.25) is 10.0 Å². The largest absolute Gasteiger partial charge is 0.325 e. The van der Waals surface area contributed by atoms with Crippen molar-refractivity contribution in [3.8, 4) is 0 Å². The lowest BCUT2D eigenvalue weighted by atomic mass is 10.1. The van der Waals surface area contributed by atoms with E-state index in [0.29, 0.717) is 10.0 Å². The van der Waals surface area contributed by atoms with Gasteiger partial charge in [-0.25, -0.2) is 0 Å². The van der Waals surface area contributed by atoms with Gasteiger partial charge in [0.05, 0.1) is 6.54 Å². The zero-order valence-corrected chi connectivity index (χ0v) is 13.1. The van der Waals surface area contributed by atoms with E-state index >= 15 is 0 Å². The molecule has 0 heterocycles. The van der Waals surface area contributed by atoms with Gasteiger partial charge in [0.2, 0.25) is 5.91 Å². The van der Waals surface area contributed by atoms with Crippen molar-refractivity contribution < 1.29 is 4.79 Å². The van der Waals surface area contributed by atoms with Crippen LogP contribution in [0.4, 0.5) is 5.69 Å². The number of hydrogen-bond donors (Lipinski definition) is 2. The summed E-state index contributed by atoms with van der Waals surface area (Å²) in [5.41, 5.74) is 1.77. The van der Waals surface area contributed by atoms with Crippen molar-refractivity contribution in [1.82, 2.24) is 5.32 Å². The normalized spacial score (nSPS) is 12.0. The minimum Gasteiger partial charge on any atom is -0.325 e. The third-order valence-electron chi connectivity index (χ3n) is 3.05. The Bertz CT molecular complexity index is 614. The number of halogens is 2. The van der Waals surface area contributed by atoms with E-state index in [1.165, 1.54) is 0 Å². The average Bonchev–Trinajstić information content (AvgIpc) is 2.47. The summed E-state index contributed by atoms with van der Waals surface area (Å²) in [6, 6.07) is 14.6. The first-order valence-corrected chi connectivity index (χ1v) is 7.34. The number of carbonyl (C=O) groups is 1. The molecule has 0 fully saturated rings. The van der Waals surface area contributed by atoms with Crippen LogP contribution in [0.15, 0.2) is 48.5 Å². The van der Waals surface area contributed by atoms with Crippen molar-refractivity contribution in [2.45, 2.75) is 13.0 Å². The van der Waals surface area contributed by atoms with Crippen molar-refractivity contribution in [2.75, 3.05) is 11.9 Å². The Morgan fingerprint density at radius 2 is 1.81 bits per heavy atom. The predicted molar refractivity (Wildman–Crippen MR) is 88.0 cm³/mol. The zero-order chi connectivity index (χ0) is 15.2. The standard InChI is InChI=1S/C16H16Cl2N2O/c1-11(12-3-2-4-14(18)9-12)19-10-16(21)20-15-7-5-13(17)6-8-15/h2-9,11,19H,10H2,1H3,(H,20,21)/t11-/m1/s1. The fourth-order valence-corrected chi connectivity index (χ4v) is 2.20. The third kappa shape index (κ3) is 5.05. The Kier molecular flexibility index (Phi) is 5.62. The quantitative estimate of drug-likeness (QED) is 0.862. The van der Waals surface area contributed by atoms with E-state index in [2.05, 4.69) is 10.6 Å². The number of carbonyl (C=O) groups excluding carboxylic acids is 1. The van der Waals surface area contributed by atoms with Crippen LogP contribution >= 0.6 is 23.2 Å². The van der Waals surface area contributed by atoms with Gasteiger partial charge in [0.15, 0.2) is 0 Å². The summed E-state index contributed by atoms with van der Waals surface area (Å²) in [6.45, 7) is 2.21. The second-order valence-electron chi connectivity index (χ2n) is 4.71. The molecule has 2 aromatic carbocycles. The third-order valence-corrected chi connectivity index (χ3v) is 3.53. The SMILES string of the molecule is C[C@@H](NCC(=O)Nc1ccc(Cl)cc1)c1cccc(Cl)c1. The van der Waals surface area contributed by atoms with Crippen LogP contribution in [0.5, 0.6) is 0 Å². The van der Waals surface area contributed by atoms with E-state index in [9.17, 15) is 4.79 Å². The van der Waals surface area contributed by atoms with Gasteiger partial charge in [0.25, 0.3) is 0 Å². The lowest BCUT2D eigenvalue weighted by molar-refractivity contribution is -0.115. The number of nitrogens with one attached hydrogen (secondary N) is 2. The summed E-state index contributed by atoms with van der Waals surface area (Å²) in [7, 11) is 0. The van der Waals surface area contributed by atoms with Crippen LogP contribution in [-0.4, -0.2) is 12.5 Å². The maximum absolute atomic E-state index is 11.9. The molecular formula is C16H16Cl2N2O. The predicted octanol–water partition coefficient (Wildman–Crippen LogP) is 4.28. The van der Waals surface area contributed by atoms with Crippen molar-refractivity contribution in [1.29, 1.82) is 0 Å². The maximum Gasteiger partial charge on any atom is 0.238 e. The Labute approximate surface area is 134 Å². The first-order chi connectivity index (χ1) is 10.0. The first-order valence-electron chi connectivity index (χ1n) is 6.59. The molecule has 5 heteroatoms. The fourth-order valence-electron chi connectivity index (χ4n) is 1.88. The minimum atomic E-state index is -0.105. The van der Waals surface area contributed by atoms with E-state index in [-0.39, 0.29) is 18.5 Å². The summed E-state index contributed by atoms with van der Waals surface area (Å²) < 4.78 is 0. The summed E-state index contributed by atoms with van der Waals surface area (Å²) in [5.74, 6) is -0.105. The monoisotopic (exact) mass is 322 g/mol. The van der Waals surface area contributed by atoms with Gasteiger partial charge in [-0.05, 0) is 48.9 Å². The molecule has 0 spiro atoms. The van der Waals surface area contributed by atoms with E-state index in [1.54, 1.807) is 24.3 Å². The molecule has 0 aliphatic carbocycles. The number of hydrogen-bond acceptors (Lipinski definition) is 2. The van der Waals surface area contributed by atoms with Crippen LogP contribution in [0.3, 0.4) is 0 Å². The highest BCUT2D eigenvalue weighted by molar-refractivity contribution is 6.30. The molecule has 1 amide bonds. The van der Waals surface area contributed by atoms with E-state index in [0.717, 1.165) is 11.3 Å². The van der Waals surface area contributed by atoms with E-state index in [4.69, 9.17) is 23.2 Å². The molecule has 0 aliphatic heterocycles. The summed E-state index contributed by atoms with van der Waals surface area (Å²) in [6.07, 6.45) is 0. The molecule has 2 aromatic rings. The summed E-state index contributed by atoms with van der Waals surface area (Å²) >= 11 is 11.7. The molecule has 110 valence electrons. The average molecular weight is 323 g/mol. The molecule has 3 nitrogen and oxygen atoms in total. The molecule has 21 heavy (non-hydrogen) atoms. The molecule has 0 saturated heterocycles. The van der Waals surface area contributed by atoms with Crippen molar-refractivity contribution >= 4 is 34.8 Å². The van der Waals surface area contributed by atoms with Gasteiger partial charge in [0.1, 0.15) is 0 Å². The molecule has 0 aromatic heterocycles. The zero-order valence-electron chi connectivity index (χ0n) is 11.6. The highest BCUT2D eigenvalue weighted by Crippen LogP contribution is 2.17. The Balaban J connectivity index is 1.84. The minimum absolute atomic E-state index is 0.0414. The number of rotatable bonds is 5. The van der Waals surface area contributed by atoms with Gasteiger partial charge in [-0.1, -0.05) is 35.3 Å². The van der Waals surface area contributed by atoms with Crippen molar-refractivity contribution in [3.05, 3.63) is 64.1 Å². The van der Waals surface area contributed by atoms with E-state index < -0.39 is 0 Å². The highest BCUT2D eigenvalue weighted by Gasteiger charge is 2.08. The van der Waals surface area contributed by atoms with Crippen LogP contribution in [-0.2, 0) is 4.79 Å². The smallest absolute Gasteiger partial charge is 0.238 e. The Morgan fingerprint density at radius 3 is 2.48 bits per heavy atom.